The second kappa shape index (κ2) is 6.57. The van der Waals surface area contributed by atoms with E-state index in [1.165, 1.54) is 0 Å². The van der Waals surface area contributed by atoms with E-state index in [1.807, 2.05) is 36.1 Å². The van der Waals surface area contributed by atoms with Crippen LogP contribution < -0.4 is 5.32 Å². The predicted octanol–water partition coefficient (Wildman–Crippen LogP) is 2.76. The number of piperidine rings is 1. The molecule has 1 aliphatic heterocycles. The fourth-order valence-corrected chi connectivity index (χ4v) is 2.64. The van der Waals surface area contributed by atoms with E-state index in [1.54, 1.807) is 0 Å². The van der Waals surface area contributed by atoms with Gasteiger partial charge in [-0.2, -0.15) is 0 Å². The molecule has 4 nitrogen and oxygen atoms in total. The molecule has 0 saturated carbocycles. The molecule has 1 saturated heterocycles. The lowest BCUT2D eigenvalue weighted by Gasteiger charge is -2.35. The minimum absolute atomic E-state index is 0.0521. The maximum absolute atomic E-state index is 12.3. The highest BCUT2D eigenvalue weighted by Crippen LogP contribution is 2.21. The van der Waals surface area contributed by atoms with Crippen LogP contribution in [0.15, 0.2) is 24.3 Å². The standard InChI is InChI=1S/C15H22N2O2/c1-12-5-4-6-13(11-12)16-15(19)17-9-3-2-7-14(17)8-10-18/h4-6,11,14,18H,2-3,7-10H2,1H3,(H,16,19). The highest BCUT2D eigenvalue weighted by atomic mass is 16.3. The van der Waals surface area contributed by atoms with E-state index < -0.39 is 0 Å². The zero-order chi connectivity index (χ0) is 13.7. The molecule has 0 bridgehead atoms. The monoisotopic (exact) mass is 262 g/mol. The van der Waals surface area contributed by atoms with Gasteiger partial charge in [0.05, 0.1) is 0 Å². The van der Waals surface area contributed by atoms with Gasteiger partial charge in [-0.15, -0.1) is 0 Å². The lowest BCUT2D eigenvalue weighted by Crippen LogP contribution is -2.46. The van der Waals surface area contributed by atoms with Crippen LogP contribution in [0.4, 0.5) is 10.5 Å². The number of aliphatic hydroxyl groups excluding tert-OH is 1. The topological polar surface area (TPSA) is 52.6 Å². The number of aryl methyl sites for hydroxylation is 1. The third kappa shape index (κ3) is 3.70. The number of carbonyl (C=O) groups is 1. The van der Waals surface area contributed by atoms with Crippen LogP contribution in [0.5, 0.6) is 0 Å². The fraction of sp³-hybridized carbons (Fsp3) is 0.533. The van der Waals surface area contributed by atoms with Gasteiger partial charge in [0.1, 0.15) is 0 Å². The van der Waals surface area contributed by atoms with Crippen LogP contribution in [-0.4, -0.2) is 35.2 Å². The molecule has 4 heteroatoms. The molecule has 1 aromatic rings. The molecule has 104 valence electrons. The molecule has 1 unspecified atom stereocenters. The first-order valence-electron chi connectivity index (χ1n) is 6.96. The van der Waals surface area contributed by atoms with E-state index >= 15 is 0 Å². The van der Waals surface area contributed by atoms with Gasteiger partial charge in [0.2, 0.25) is 0 Å². The molecular formula is C15H22N2O2. The molecule has 2 amide bonds. The van der Waals surface area contributed by atoms with Crippen LogP contribution in [0.1, 0.15) is 31.2 Å². The van der Waals surface area contributed by atoms with Gasteiger partial charge in [-0.05, 0) is 50.3 Å². The van der Waals surface area contributed by atoms with Gasteiger partial charge < -0.3 is 15.3 Å². The Hall–Kier alpha value is -1.55. The molecule has 2 N–H and O–H groups in total. The number of benzene rings is 1. The van der Waals surface area contributed by atoms with Gasteiger partial charge in [-0.1, -0.05) is 12.1 Å². The van der Waals surface area contributed by atoms with E-state index in [0.717, 1.165) is 37.1 Å². The third-order valence-electron chi connectivity index (χ3n) is 3.62. The number of amides is 2. The van der Waals surface area contributed by atoms with Crippen LogP contribution in [0.3, 0.4) is 0 Å². The summed E-state index contributed by atoms with van der Waals surface area (Å²) in [5.41, 5.74) is 1.96. The Bertz CT molecular complexity index is 432. The van der Waals surface area contributed by atoms with Crippen LogP contribution >= 0.6 is 0 Å². The first-order valence-corrected chi connectivity index (χ1v) is 6.96. The fourth-order valence-electron chi connectivity index (χ4n) is 2.64. The maximum Gasteiger partial charge on any atom is 0.322 e. The van der Waals surface area contributed by atoms with Crippen molar-refractivity contribution in [2.45, 2.75) is 38.6 Å². The molecule has 0 aliphatic carbocycles. The summed E-state index contributed by atoms with van der Waals surface area (Å²) in [4.78, 5) is 14.2. The summed E-state index contributed by atoms with van der Waals surface area (Å²) in [5, 5.41) is 12.0. The summed E-state index contributed by atoms with van der Waals surface area (Å²) in [6.07, 6.45) is 3.84. The van der Waals surface area contributed by atoms with Gasteiger partial charge >= 0.3 is 6.03 Å². The zero-order valence-electron chi connectivity index (χ0n) is 11.4. The molecule has 0 spiro atoms. The summed E-state index contributed by atoms with van der Waals surface area (Å²) < 4.78 is 0. The number of aliphatic hydroxyl groups is 1. The molecule has 1 atom stereocenters. The Morgan fingerprint density at radius 1 is 1.47 bits per heavy atom. The van der Waals surface area contributed by atoms with Crippen molar-refractivity contribution in [3.63, 3.8) is 0 Å². The average molecular weight is 262 g/mol. The van der Waals surface area contributed by atoms with E-state index in [4.69, 9.17) is 5.11 Å². The summed E-state index contributed by atoms with van der Waals surface area (Å²) in [6, 6.07) is 7.92. The molecule has 0 aromatic heterocycles. The lowest BCUT2D eigenvalue weighted by atomic mass is 10.0. The number of hydrogen-bond acceptors (Lipinski definition) is 2. The lowest BCUT2D eigenvalue weighted by molar-refractivity contribution is 0.141. The largest absolute Gasteiger partial charge is 0.396 e. The number of nitrogens with one attached hydrogen (secondary N) is 1. The molecule has 1 aliphatic rings. The molecule has 2 rings (SSSR count). The van der Waals surface area contributed by atoms with Gasteiger partial charge in [0.25, 0.3) is 0 Å². The number of likely N-dealkylation sites (tertiary alicyclic amines) is 1. The summed E-state index contributed by atoms with van der Waals surface area (Å²) in [6.45, 7) is 2.92. The average Bonchev–Trinajstić information content (AvgIpc) is 2.39. The quantitative estimate of drug-likeness (QED) is 0.880. The summed E-state index contributed by atoms with van der Waals surface area (Å²) >= 11 is 0. The van der Waals surface area contributed by atoms with Crippen LogP contribution in [-0.2, 0) is 0 Å². The number of anilines is 1. The predicted molar refractivity (Wildman–Crippen MR) is 76.2 cm³/mol. The zero-order valence-corrected chi connectivity index (χ0v) is 11.4. The normalized spacial score (nSPS) is 19.3. The highest BCUT2D eigenvalue weighted by molar-refractivity contribution is 5.89. The molecule has 0 radical (unpaired) electrons. The minimum atomic E-state index is -0.0521. The summed E-state index contributed by atoms with van der Waals surface area (Å²) in [5.74, 6) is 0. The number of hydrogen-bond donors (Lipinski definition) is 2. The van der Waals surface area contributed by atoms with E-state index in [-0.39, 0.29) is 18.7 Å². The van der Waals surface area contributed by atoms with Crippen molar-refractivity contribution in [1.82, 2.24) is 4.90 Å². The van der Waals surface area contributed by atoms with Crippen molar-refractivity contribution in [2.24, 2.45) is 0 Å². The molecular weight excluding hydrogens is 240 g/mol. The van der Waals surface area contributed by atoms with Gasteiger partial charge in [0.15, 0.2) is 0 Å². The van der Waals surface area contributed by atoms with Crippen LogP contribution in [0, 0.1) is 6.92 Å². The Morgan fingerprint density at radius 2 is 2.32 bits per heavy atom. The minimum Gasteiger partial charge on any atom is -0.396 e. The smallest absolute Gasteiger partial charge is 0.322 e. The van der Waals surface area contributed by atoms with Crippen LogP contribution in [0.25, 0.3) is 0 Å². The number of carbonyl (C=O) groups excluding carboxylic acids is 1. The van der Waals surface area contributed by atoms with E-state index in [0.29, 0.717) is 6.42 Å². The first kappa shape index (κ1) is 13.9. The Morgan fingerprint density at radius 3 is 3.05 bits per heavy atom. The second-order valence-corrected chi connectivity index (χ2v) is 5.15. The second-order valence-electron chi connectivity index (χ2n) is 5.15. The van der Waals surface area contributed by atoms with Crippen molar-refractivity contribution in [2.75, 3.05) is 18.5 Å². The van der Waals surface area contributed by atoms with E-state index in [2.05, 4.69) is 5.32 Å². The molecule has 1 heterocycles. The van der Waals surface area contributed by atoms with Gasteiger partial charge in [-0.3, -0.25) is 0 Å². The van der Waals surface area contributed by atoms with E-state index in [9.17, 15) is 4.79 Å². The van der Waals surface area contributed by atoms with Gasteiger partial charge in [0, 0.05) is 24.9 Å². The van der Waals surface area contributed by atoms with Crippen LogP contribution in [0.2, 0.25) is 0 Å². The summed E-state index contributed by atoms with van der Waals surface area (Å²) in [7, 11) is 0. The molecule has 1 fully saturated rings. The SMILES string of the molecule is Cc1cccc(NC(=O)N2CCCCC2CCO)c1. The number of urea groups is 1. The van der Waals surface area contributed by atoms with Crippen molar-refractivity contribution < 1.29 is 9.90 Å². The Balaban J connectivity index is 2.01. The number of rotatable bonds is 3. The molecule has 1 aromatic carbocycles. The number of nitrogens with zero attached hydrogens (tertiary/aromatic N) is 1. The molecule has 19 heavy (non-hydrogen) atoms. The Labute approximate surface area is 114 Å². The third-order valence-corrected chi connectivity index (χ3v) is 3.62. The first-order chi connectivity index (χ1) is 9.20. The van der Waals surface area contributed by atoms with Gasteiger partial charge in [-0.25, -0.2) is 4.79 Å². The highest BCUT2D eigenvalue weighted by Gasteiger charge is 2.26. The van der Waals surface area contributed by atoms with Crippen molar-refractivity contribution in [3.8, 4) is 0 Å². The maximum atomic E-state index is 12.3. The van der Waals surface area contributed by atoms with Crippen molar-refractivity contribution >= 4 is 11.7 Å². The van der Waals surface area contributed by atoms with Crippen molar-refractivity contribution in [1.29, 1.82) is 0 Å². The van der Waals surface area contributed by atoms with Crippen molar-refractivity contribution in [3.05, 3.63) is 29.8 Å². The Kier molecular flexibility index (Phi) is 4.80.